The SMILES string of the molecule is CCN(CC)Cc1ccc(C(=O)NNC(=O)/C=C/c2ccc(C)cc2C)o1. The lowest BCUT2D eigenvalue weighted by molar-refractivity contribution is -0.117. The van der Waals surface area contributed by atoms with Crippen LogP contribution in [0.3, 0.4) is 0 Å². The van der Waals surface area contributed by atoms with Crippen LogP contribution in [0.1, 0.15) is 46.9 Å². The van der Waals surface area contributed by atoms with Crippen LogP contribution in [0, 0.1) is 13.8 Å². The summed E-state index contributed by atoms with van der Waals surface area (Å²) in [6, 6.07) is 9.36. The van der Waals surface area contributed by atoms with Gasteiger partial charge in [0, 0.05) is 6.08 Å². The summed E-state index contributed by atoms with van der Waals surface area (Å²) in [6.07, 6.45) is 3.09. The Hall–Kier alpha value is -2.86. The molecule has 0 fully saturated rings. The summed E-state index contributed by atoms with van der Waals surface area (Å²) in [7, 11) is 0. The highest BCUT2D eigenvalue weighted by Crippen LogP contribution is 2.12. The molecule has 0 saturated carbocycles. The third-order valence-corrected chi connectivity index (χ3v) is 4.30. The number of hydrogen-bond acceptors (Lipinski definition) is 4. The van der Waals surface area contributed by atoms with Crippen molar-refractivity contribution in [1.82, 2.24) is 15.8 Å². The number of hydrazine groups is 1. The zero-order chi connectivity index (χ0) is 19.8. The van der Waals surface area contributed by atoms with Crippen molar-refractivity contribution in [2.75, 3.05) is 13.1 Å². The van der Waals surface area contributed by atoms with E-state index in [0.29, 0.717) is 12.3 Å². The Balaban J connectivity index is 1.87. The van der Waals surface area contributed by atoms with Crippen molar-refractivity contribution in [2.24, 2.45) is 0 Å². The van der Waals surface area contributed by atoms with Crippen molar-refractivity contribution in [3.8, 4) is 0 Å². The molecule has 0 spiro atoms. The molecular weight excluding hydrogens is 342 g/mol. The lowest BCUT2D eigenvalue weighted by Gasteiger charge is -2.15. The molecule has 1 aromatic heterocycles. The van der Waals surface area contributed by atoms with Gasteiger partial charge in [0.05, 0.1) is 6.54 Å². The molecule has 1 aromatic carbocycles. The molecule has 6 nitrogen and oxygen atoms in total. The molecule has 0 aliphatic heterocycles. The van der Waals surface area contributed by atoms with Crippen molar-refractivity contribution in [3.05, 3.63) is 64.6 Å². The van der Waals surface area contributed by atoms with Crippen LogP contribution in [0.4, 0.5) is 0 Å². The minimum absolute atomic E-state index is 0.163. The van der Waals surface area contributed by atoms with E-state index in [2.05, 4.69) is 29.6 Å². The summed E-state index contributed by atoms with van der Waals surface area (Å²) in [5, 5.41) is 0. The Morgan fingerprint density at radius 3 is 2.48 bits per heavy atom. The molecule has 0 unspecified atom stereocenters. The largest absolute Gasteiger partial charge is 0.454 e. The molecule has 0 atom stereocenters. The monoisotopic (exact) mass is 369 g/mol. The fourth-order valence-electron chi connectivity index (χ4n) is 2.65. The van der Waals surface area contributed by atoms with E-state index in [1.165, 1.54) is 11.6 Å². The standard InChI is InChI=1S/C21H27N3O3/c1-5-24(6-2)14-18-10-11-19(27-18)21(26)23-22-20(25)12-9-17-8-7-15(3)13-16(17)4/h7-13H,5-6,14H2,1-4H3,(H,22,25)(H,23,26)/b12-9+. The highest BCUT2D eigenvalue weighted by molar-refractivity contribution is 5.96. The molecule has 0 radical (unpaired) electrons. The first-order valence-electron chi connectivity index (χ1n) is 9.09. The summed E-state index contributed by atoms with van der Waals surface area (Å²) in [5.41, 5.74) is 7.92. The van der Waals surface area contributed by atoms with Crippen molar-refractivity contribution in [2.45, 2.75) is 34.2 Å². The number of aryl methyl sites for hydroxylation is 2. The summed E-state index contributed by atoms with van der Waals surface area (Å²) >= 11 is 0. The average Bonchev–Trinajstić information content (AvgIpc) is 3.12. The van der Waals surface area contributed by atoms with Gasteiger partial charge in [-0.05, 0) is 56.3 Å². The predicted octanol–water partition coefficient (Wildman–Crippen LogP) is 3.21. The van der Waals surface area contributed by atoms with Crippen LogP contribution in [0.5, 0.6) is 0 Å². The Bertz CT molecular complexity index is 820. The van der Waals surface area contributed by atoms with E-state index in [4.69, 9.17) is 4.42 Å². The van der Waals surface area contributed by atoms with Crippen LogP contribution < -0.4 is 10.9 Å². The van der Waals surface area contributed by atoms with Crippen LogP contribution in [-0.4, -0.2) is 29.8 Å². The van der Waals surface area contributed by atoms with Gasteiger partial charge in [-0.3, -0.25) is 25.3 Å². The maximum absolute atomic E-state index is 12.1. The number of hydrogen-bond donors (Lipinski definition) is 2. The van der Waals surface area contributed by atoms with E-state index in [9.17, 15) is 9.59 Å². The second kappa shape index (κ2) is 9.73. The molecule has 2 amide bonds. The number of furan rings is 1. The topological polar surface area (TPSA) is 74.6 Å². The number of carbonyl (C=O) groups is 2. The molecule has 27 heavy (non-hydrogen) atoms. The number of nitrogens with zero attached hydrogens (tertiary/aromatic N) is 1. The Kier molecular flexibility index (Phi) is 7.37. The highest BCUT2D eigenvalue weighted by atomic mass is 16.4. The zero-order valence-electron chi connectivity index (χ0n) is 16.3. The van der Waals surface area contributed by atoms with Gasteiger partial charge in [0.15, 0.2) is 5.76 Å². The number of benzene rings is 1. The van der Waals surface area contributed by atoms with E-state index >= 15 is 0 Å². The third kappa shape index (κ3) is 6.11. The van der Waals surface area contributed by atoms with Gasteiger partial charge in [-0.15, -0.1) is 0 Å². The maximum atomic E-state index is 12.1. The smallest absolute Gasteiger partial charge is 0.305 e. The fraction of sp³-hybridized carbons (Fsp3) is 0.333. The first-order valence-corrected chi connectivity index (χ1v) is 9.09. The minimum atomic E-state index is -0.492. The lowest BCUT2D eigenvalue weighted by atomic mass is 10.1. The van der Waals surface area contributed by atoms with Crippen molar-refractivity contribution < 1.29 is 14.0 Å². The molecule has 0 saturated heterocycles. The van der Waals surface area contributed by atoms with Crippen LogP contribution in [0.2, 0.25) is 0 Å². The summed E-state index contributed by atoms with van der Waals surface area (Å²) in [6.45, 7) is 10.6. The summed E-state index contributed by atoms with van der Waals surface area (Å²) in [5.74, 6) is -0.0342. The average molecular weight is 369 g/mol. The van der Waals surface area contributed by atoms with E-state index in [1.54, 1.807) is 18.2 Å². The van der Waals surface area contributed by atoms with Gasteiger partial charge in [-0.2, -0.15) is 0 Å². The van der Waals surface area contributed by atoms with E-state index in [-0.39, 0.29) is 5.76 Å². The van der Waals surface area contributed by atoms with E-state index < -0.39 is 11.8 Å². The molecular formula is C21H27N3O3. The molecule has 1 heterocycles. The van der Waals surface area contributed by atoms with Gasteiger partial charge in [-0.25, -0.2) is 0 Å². The third-order valence-electron chi connectivity index (χ3n) is 4.30. The Morgan fingerprint density at radius 1 is 1.07 bits per heavy atom. The normalized spacial score (nSPS) is 11.1. The van der Waals surface area contributed by atoms with E-state index in [0.717, 1.165) is 24.2 Å². The first kappa shape index (κ1) is 20.5. The molecule has 2 rings (SSSR count). The van der Waals surface area contributed by atoms with Crippen molar-refractivity contribution >= 4 is 17.9 Å². The summed E-state index contributed by atoms with van der Waals surface area (Å²) in [4.78, 5) is 26.2. The summed E-state index contributed by atoms with van der Waals surface area (Å²) < 4.78 is 5.55. The van der Waals surface area contributed by atoms with Gasteiger partial charge in [0.2, 0.25) is 0 Å². The molecule has 0 aliphatic carbocycles. The van der Waals surface area contributed by atoms with E-state index in [1.807, 2.05) is 32.0 Å². The van der Waals surface area contributed by atoms with Crippen LogP contribution >= 0.6 is 0 Å². The number of amides is 2. The molecule has 2 N–H and O–H groups in total. The molecule has 0 aliphatic rings. The molecule has 144 valence electrons. The number of rotatable bonds is 7. The predicted molar refractivity (Wildman–Crippen MR) is 106 cm³/mol. The minimum Gasteiger partial charge on any atom is -0.454 e. The van der Waals surface area contributed by atoms with Gasteiger partial charge in [0.25, 0.3) is 5.91 Å². The van der Waals surface area contributed by atoms with Gasteiger partial charge < -0.3 is 4.42 Å². The van der Waals surface area contributed by atoms with Crippen molar-refractivity contribution in [3.63, 3.8) is 0 Å². The van der Waals surface area contributed by atoms with Gasteiger partial charge >= 0.3 is 5.91 Å². The van der Waals surface area contributed by atoms with Crippen molar-refractivity contribution in [1.29, 1.82) is 0 Å². The van der Waals surface area contributed by atoms with Crippen LogP contribution in [-0.2, 0) is 11.3 Å². The van der Waals surface area contributed by atoms with Gasteiger partial charge in [-0.1, -0.05) is 37.6 Å². The molecule has 0 bridgehead atoms. The van der Waals surface area contributed by atoms with Gasteiger partial charge in [0.1, 0.15) is 5.76 Å². The number of nitrogens with one attached hydrogen (secondary N) is 2. The second-order valence-electron chi connectivity index (χ2n) is 6.36. The molecule has 6 heteroatoms. The van der Waals surface area contributed by atoms with Crippen LogP contribution in [0.25, 0.3) is 6.08 Å². The second-order valence-corrected chi connectivity index (χ2v) is 6.36. The quantitative estimate of drug-likeness (QED) is 0.580. The lowest BCUT2D eigenvalue weighted by Crippen LogP contribution is -2.40. The zero-order valence-corrected chi connectivity index (χ0v) is 16.3. The molecule has 2 aromatic rings. The Labute approximate surface area is 160 Å². The van der Waals surface area contributed by atoms with Crippen LogP contribution in [0.15, 0.2) is 40.8 Å². The highest BCUT2D eigenvalue weighted by Gasteiger charge is 2.13. The first-order chi connectivity index (χ1) is 12.9. The Morgan fingerprint density at radius 2 is 1.81 bits per heavy atom. The number of carbonyl (C=O) groups excluding carboxylic acids is 2. The fourth-order valence-corrected chi connectivity index (χ4v) is 2.65. The maximum Gasteiger partial charge on any atom is 0.305 e.